The molecule has 2 aromatic rings. The minimum absolute atomic E-state index is 0.338. The van der Waals surface area contributed by atoms with Gasteiger partial charge < -0.3 is 9.84 Å². The maximum atomic E-state index is 10.4. The second-order valence-electron chi connectivity index (χ2n) is 4.11. The van der Waals surface area contributed by atoms with E-state index in [4.69, 9.17) is 21.4 Å². The van der Waals surface area contributed by atoms with E-state index in [1.165, 1.54) is 0 Å². The third kappa shape index (κ3) is 5.02. The van der Waals surface area contributed by atoms with Crippen molar-refractivity contribution < 1.29 is 14.6 Å². The molecular weight excluding hydrogens is 405 g/mol. The van der Waals surface area contributed by atoms with Crippen LogP contribution in [0.1, 0.15) is 5.56 Å². The van der Waals surface area contributed by atoms with E-state index in [1.807, 2.05) is 24.3 Å². The van der Waals surface area contributed by atoms with Crippen LogP contribution in [-0.4, -0.2) is 23.9 Å². The fourth-order valence-corrected chi connectivity index (χ4v) is 2.33. The van der Waals surface area contributed by atoms with Crippen molar-refractivity contribution in [2.24, 2.45) is 4.99 Å². The zero-order chi connectivity index (χ0) is 15.2. The zero-order valence-corrected chi connectivity index (χ0v) is 13.7. The number of rotatable bonds is 5. The van der Waals surface area contributed by atoms with Crippen LogP contribution in [0.5, 0.6) is 5.75 Å². The molecule has 6 heteroatoms. The highest BCUT2D eigenvalue weighted by atomic mass is 127. The number of benzene rings is 2. The lowest BCUT2D eigenvalue weighted by atomic mass is 10.2. The lowest BCUT2D eigenvalue weighted by molar-refractivity contribution is -0.139. The Hall–Kier alpha value is -1.60. The average molecular weight is 416 g/mol. The van der Waals surface area contributed by atoms with Crippen LogP contribution < -0.4 is 4.74 Å². The van der Waals surface area contributed by atoms with E-state index in [1.54, 1.807) is 24.4 Å². The highest BCUT2D eigenvalue weighted by Gasteiger charge is 2.04. The Morgan fingerprint density at radius 3 is 2.81 bits per heavy atom. The minimum Gasteiger partial charge on any atom is -0.480 e. The van der Waals surface area contributed by atoms with Crippen LogP contribution in [0.3, 0.4) is 0 Å². The molecule has 0 heterocycles. The molecule has 0 fully saturated rings. The van der Waals surface area contributed by atoms with Gasteiger partial charge in [0.05, 0.1) is 10.7 Å². The van der Waals surface area contributed by atoms with Crippen molar-refractivity contribution in [3.05, 3.63) is 56.6 Å². The molecule has 108 valence electrons. The standard InChI is InChI=1S/C15H11ClINO3/c16-13-6-10(4-5-14(13)21-9-15(19)20)8-18-12-3-1-2-11(17)7-12/h1-8H,9H2,(H,19,20). The van der Waals surface area contributed by atoms with Gasteiger partial charge in [0.2, 0.25) is 0 Å². The minimum atomic E-state index is -1.05. The molecule has 2 aromatic carbocycles. The molecule has 0 unspecified atom stereocenters. The van der Waals surface area contributed by atoms with Crippen LogP contribution in [0.25, 0.3) is 0 Å². The van der Waals surface area contributed by atoms with Crippen molar-refractivity contribution in [3.8, 4) is 5.75 Å². The Balaban J connectivity index is 2.11. The Morgan fingerprint density at radius 2 is 2.14 bits per heavy atom. The van der Waals surface area contributed by atoms with Gasteiger partial charge in [0.1, 0.15) is 5.75 Å². The monoisotopic (exact) mass is 415 g/mol. The number of hydrogen-bond donors (Lipinski definition) is 1. The Labute approximate surface area is 140 Å². The van der Waals surface area contributed by atoms with Crippen molar-refractivity contribution in [1.82, 2.24) is 0 Å². The van der Waals surface area contributed by atoms with E-state index >= 15 is 0 Å². The predicted octanol–water partition coefficient (Wildman–Crippen LogP) is 4.16. The summed E-state index contributed by atoms with van der Waals surface area (Å²) in [5, 5.41) is 8.91. The average Bonchev–Trinajstić information content (AvgIpc) is 2.44. The molecule has 0 amide bonds. The number of nitrogens with zero attached hydrogens (tertiary/aromatic N) is 1. The first-order chi connectivity index (χ1) is 10.0. The highest BCUT2D eigenvalue weighted by Crippen LogP contribution is 2.25. The number of aliphatic carboxylic acids is 1. The largest absolute Gasteiger partial charge is 0.480 e. The van der Waals surface area contributed by atoms with E-state index in [0.717, 1.165) is 14.8 Å². The molecule has 0 spiro atoms. The second-order valence-corrected chi connectivity index (χ2v) is 5.76. The summed E-state index contributed by atoms with van der Waals surface area (Å²) in [6.07, 6.45) is 1.69. The summed E-state index contributed by atoms with van der Waals surface area (Å²) < 4.78 is 6.16. The molecule has 0 aliphatic carbocycles. The summed E-state index contributed by atoms with van der Waals surface area (Å²) >= 11 is 8.26. The molecular formula is C15H11ClINO3. The first-order valence-electron chi connectivity index (χ1n) is 5.98. The maximum Gasteiger partial charge on any atom is 0.341 e. The second kappa shape index (κ2) is 7.42. The summed E-state index contributed by atoms with van der Waals surface area (Å²) in [6.45, 7) is -0.421. The van der Waals surface area contributed by atoms with E-state index in [0.29, 0.717) is 10.8 Å². The molecule has 0 aromatic heterocycles. The summed E-state index contributed by atoms with van der Waals surface area (Å²) in [7, 11) is 0. The van der Waals surface area contributed by atoms with Gasteiger partial charge in [-0.05, 0) is 64.6 Å². The van der Waals surface area contributed by atoms with Gasteiger partial charge in [-0.2, -0.15) is 0 Å². The third-order valence-electron chi connectivity index (χ3n) is 2.48. The summed E-state index contributed by atoms with van der Waals surface area (Å²) in [5.74, 6) is -0.708. The number of halogens is 2. The van der Waals surface area contributed by atoms with Gasteiger partial charge in [-0.1, -0.05) is 17.7 Å². The number of carboxylic acid groups (broad SMARTS) is 1. The lowest BCUT2D eigenvalue weighted by Gasteiger charge is -2.05. The van der Waals surface area contributed by atoms with Crippen LogP contribution in [0.4, 0.5) is 5.69 Å². The van der Waals surface area contributed by atoms with Crippen molar-refractivity contribution in [3.63, 3.8) is 0 Å². The summed E-state index contributed by atoms with van der Waals surface area (Å²) in [6, 6.07) is 12.9. The van der Waals surface area contributed by atoms with Crippen molar-refractivity contribution in [2.45, 2.75) is 0 Å². The van der Waals surface area contributed by atoms with E-state index < -0.39 is 12.6 Å². The predicted molar refractivity (Wildman–Crippen MR) is 91.0 cm³/mol. The van der Waals surface area contributed by atoms with Crippen molar-refractivity contribution in [1.29, 1.82) is 0 Å². The van der Waals surface area contributed by atoms with Gasteiger partial charge in [0.15, 0.2) is 6.61 Å². The summed E-state index contributed by atoms with van der Waals surface area (Å²) in [4.78, 5) is 14.8. The molecule has 4 nitrogen and oxygen atoms in total. The molecule has 0 radical (unpaired) electrons. The number of carbonyl (C=O) groups is 1. The van der Waals surface area contributed by atoms with Gasteiger partial charge in [0, 0.05) is 9.78 Å². The van der Waals surface area contributed by atoms with Crippen LogP contribution in [0.15, 0.2) is 47.5 Å². The Kier molecular flexibility index (Phi) is 5.58. The van der Waals surface area contributed by atoms with Crippen molar-refractivity contribution in [2.75, 3.05) is 6.61 Å². The molecule has 1 N–H and O–H groups in total. The summed E-state index contributed by atoms with van der Waals surface area (Å²) in [5.41, 5.74) is 1.66. The van der Waals surface area contributed by atoms with Gasteiger partial charge in [-0.15, -0.1) is 0 Å². The number of carboxylic acids is 1. The van der Waals surface area contributed by atoms with Crippen LogP contribution >= 0.6 is 34.2 Å². The number of ether oxygens (including phenoxy) is 1. The van der Waals surface area contributed by atoms with Gasteiger partial charge >= 0.3 is 5.97 Å². The highest BCUT2D eigenvalue weighted by molar-refractivity contribution is 14.1. The van der Waals surface area contributed by atoms with Gasteiger partial charge in [0.25, 0.3) is 0 Å². The molecule has 0 bridgehead atoms. The normalized spacial score (nSPS) is 10.8. The molecule has 0 saturated carbocycles. The molecule has 0 atom stereocenters. The fraction of sp³-hybridized carbons (Fsp3) is 0.0667. The van der Waals surface area contributed by atoms with E-state index in [-0.39, 0.29) is 0 Å². The lowest BCUT2D eigenvalue weighted by Crippen LogP contribution is -2.09. The Morgan fingerprint density at radius 1 is 1.33 bits per heavy atom. The van der Waals surface area contributed by atoms with Gasteiger partial charge in [-0.25, -0.2) is 4.79 Å². The van der Waals surface area contributed by atoms with Crippen LogP contribution in [0, 0.1) is 3.57 Å². The first-order valence-corrected chi connectivity index (χ1v) is 7.44. The quantitative estimate of drug-likeness (QED) is 0.589. The molecule has 0 saturated heterocycles. The molecule has 21 heavy (non-hydrogen) atoms. The maximum absolute atomic E-state index is 10.4. The van der Waals surface area contributed by atoms with Crippen LogP contribution in [0.2, 0.25) is 5.02 Å². The smallest absolute Gasteiger partial charge is 0.341 e. The molecule has 2 rings (SSSR count). The first kappa shape index (κ1) is 15.8. The molecule has 0 aliphatic heterocycles. The van der Waals surface area contributed by atoms with Crippen LogP contribution in [-0.2, 0) is 4.79 Å². The van der Waals surface area contributed by atoms with Crippen molar-refractivity contribution >= 4 is 52.1 Å². The number of aliphatic imine (C=N–C) groups is 1. The zero-order valence-electron chi connectivity index (χ0n) is 10.8. The Bertz CT molecular complexity index is 688. The van der Waals surface area contributed by atoms with E-state index in [2.05, 4.69) is 27.6 Å². The number of hydrogen-bond acceptors (Lipinski definition) is 3. The SMILES string of the molecule is O=C(O)COc1ccc(C=Nc2cccc(I)c2)cc1Cl. The molecule has 0 aliphatic rings. The third-order valence-corrected chi connectivity index (χ3v) is 3.44. The van der Waals surface area contributed by atoms with E-state index in [9.17, 15) is 4.79 Å². The topological polar surface area (TPSA) is 58.9 Å². The fourth-order valence-electron chi connectivity index (χ4n) is 1.56. The van der Waals surface area contributed by atoms with Gasteiger partial charge in [-0.3, -0.25) is 4.99 Å².